The Morgan fingerprint density at radius 3 is 2.29 bits per heavy atom. The summed E-state index contributed by atoms with van der Waals surface area (Å²) >= 11 is 0. The third-order valence-corrected chi connectivity index (χ3v) is 5.14. The zero-order valence-electron chi connectivity index (χ0n) is 16.3. The van der Waals surface area contributed by atoms with E-state index in [1.807, 2.05) is 18.2 Å². The van der Waals surface area contributed by atoms with E-state index in [0.717, 1.165) is 16.1 Å². The van der Waals surface area contributed by atoms with Crippen molar-refractivity contribution >= 4 is 21.6 Å². The van der Waals surface area contributed by atoms with E-state index in [2.05, 4.69) is 5.32 Å². The van der Waals surface area contributed by atoms with Gasteiger partial charge >= 0.3 is 0 Å². The number of hydrogen-bond acceptors (Lipinski definition) is 6. The highest BCUT2D eigenvalue weighted by Crippen LogP contribution is 2.33. The van der Waals surface area contributed by atoms with E-state index in [0.29, 0.717) is 17.2 Å². The first kappa shape index (κ1) is 21.4. The molecule has 0 fully saturated rings. The highest BCUT2D eigenvalue weighted by Gasteiger charge is 2.24. The normalized spacial score (nSPS) is 10.9. The highest BCUT2D eigenvalue weighted by atomic mass is 32.2. The molecule has 0 aliphatic carbocycles. The molecular weight excluding hydrogens is 384 g/mol. The Morgan fingerprint density at radius 1 is 1.00 bits per heavy atom. The Hall–Kier alpha value is -2.94. The molecule has 2 aromatic rings. The maximum Gasteiger partial charge on any atom is 0.241 e. The molecule has 2 rings (SSSR count). The molecule has 28 heavy (non-hydrogen) atoms. The zero-order valence-corrected chi connectivity index (χ0v) is 17.1. The van der Waals surface area contributed by atoms with Crippen molar-refractivity contribution in [2.75, 3.05) is 38.4 Å². The average molecular weight is 408 g/mol. The lowest BCUT2D eigenvalue weighted by atomic mass is 10.2. The lowest BCUT2D eigenvalue weighted by Gasteiger charge is -2.24. The monoisotopic (exact) mass is 408 g/mol. The summed E-state index contributed by atoms with van der Waals surface area (Å²) in [6.45, 7) is -0.201. The van der Waals surface area contributed by atoms with Gasteiger partial charge in [-0.25, -0.2) is 8.42 Å². The smallest absolute Gasteiger partial charge is 0.241 e. The quantitative estimate of drug-likeness (QED) is 0.680. The number of hydrogen-bond donors (Lipinski definition) is 1. The molecule has 1 amide bonds. The number of carbonyl (C=O) groups excluding carboxylic acids is 1. The second kappa shape index (κ2) is 9.32. The summed E-state index contributed by atoms with van der Waals surface area (Å²) in [6, 6.07) is 12.0. The minimum absolute atomic E-state index is 0.204. The third-order valence-electron chi connectivity index (χ3n) is 4.01. The summed E-state index contributed by atoms with van der Waals surface area (Å²) in [5.74, 6) is 0.918. The van der Waals surface area contributed by atoms with E-state index in [4.69, 9.17) is 14.2 Å². The van der Waals surface area contributed by atoms with Crippen LogP contribution in [0.4, 0.5) is 5.69 Å². The van der Waals surface area contributed by atoms with Gasteiger partial charge in [-0.1, -0.05) is 18.2 Å². The fraction of sp³-hybridized carbons (Fsp3) is 0.316. The van der Waals surface area contributed by atoms with Gasteiger partial charge in [-0.15, -0.1) is 0 Å². The average Bonchev–Trinajstić information content (AvgIpc) is 2.69. The van der Waals surface area contributed by atoms with Crippen LogP contribution in [0.1, 0.15) is 5.56 Å². The van der Waals surface area contributed by atoms with Crippen LogP contribution in [0.3, 0.4) is 0 Å². The summed E-state index contributed by atoms with van der Waals surface area (Å²) in [5.41, 5.74) is 1.00. The number of ether oxygens (including phenoxy) is 3. The lowest BCUT2D eigenvalue weighted by Crippen LogP contribution is -2.40. The summed E-state index contributed by atoms with van der Waals surface area (Å²) in [5, 5.41) is 2.71. The molecule has 0 bridgehead atoms. The van der Waals surface area contributed by atoms with E-state index >= 15 is 0 Å². The van der Waals surface area contributed by atoms with Gasteiger partial charge in [0.1, 0.15) is 23.8 Å². The first-order valence-corrected chi connectivity index (χ1v) is 10.2. The molecule has 8 nitrogen and oxygen atoms in total. The minimum Gasteiger partial charge on any atom is -0.497 e. The number of para-hydroxylation sites is 1. The number of anilines is 1. The zero-order chi connectivity index (χ0) is 20.7. The van der Waals surface area contributed by atoms with Crippen molar-refractivity contribution in [3.8, 4) is 17.2 Å². The van der Waals surface area contributed by atoms with Crippen LogP contribution in [0.2, 0.25) is 0 Å². The molecule has 0 heterocycles. The van der Waals surface area contributed by atoms with Gasteiger partial charge < -0.3 is 19.5 Å². The summed E-state index contributed by atoms with van der Waals surface area (Å²) in [6.07, 6.45) is 1.03. The number of carbonyl (C=O) groups is 1. The van der Waals surface area contributed by atoms with Gasteiger partial charge in [-0.05, 0) is 18.2 Å². The number of methoxy groups -OCH3 is 3. The summed E-state index contributed by atoms with van der Waals surface area (Å²) in [4.78, 5) is 12.5. The van der Waals surface area contributed by atoms with Crippen molar-refractivity contribution in [2.24, 2.45) is 0 Å². The van der Waals surface area contributed by atoms with Crippen LogP contribution in [0.5, 0.6) is 17.2 Å². The van der Waals surface area contributed by atoms with Crippen LogP contribution in [0, 0.1) is 0 Å². The molecule has 152 valence electrons. The van der Waals surface area contributed by atoms with Gasteiger partial charge in [0, 0.05) is 18.2 Å². The molecule has 0 atom stereocenters. The van der Waals surface area contributed by atoms with Gasteiger partial charge in [0.2, 0.25) is 15.9 Å². The minimum atomic E-state index is -3.75. The number of nitrogens with one attached hydrogen (secondary N) is 1. The van der Waals surface area contributed by atoms with Crippen molar-refractivity contribution in [1.82, 2.24) is 5.32 Å². The van der Waals surface area contributed by atoms with Crippen molar-refractivity contribution in [3.63, 3.8) is 0 Å². The molecule has 9 heteroatoms. The molecule has 0 aliphatic rings. The number of nitrogens with zero attached hydrogens (tertiary/aromatic N) is 1. The Morgan fingerprint density at radius 2 is 1.68 bits per heavy atom. The van der Waals surface area contributed by atoms with Crippen molar-refractivity contribution < 1.29 is 27.4 Å². The number of rotatable bonds is 9. The van der Waals surface area contributed by atoms with E-state index in [1.54, 1.807) is 25.3 Å². The van der Waals surface area contributed by atoms with Crippen LogP contribution >= 0.6 is 0 Å². The third kappa shape index (κ3) is 5.29. The fourth-order valence-electron chi connectivity index (χ4n) is 2.60. The standard InChI is InChI=1S/C19H24N2O6S/c1-25-15-9-10-18(27-3)16(11-15)21(28(4,23)24)13-19(22)20-12-14-7-5-6-8-17(14)26-2/h5-11H,12-13H2,1-4H3,(H,20,22). The van der Waals surface area contributed by atoms with Crippen molar-refractivity contribution in [3.05, 3.63) is 48.0 Å². The van der Waals surface area contributed by atoms with Crippen LogP contribution in [0.15, 0.2) is 42.5 Å². The molecule has 0 unspecified atom stereocenters. The first-order valence-electron chi connectivity index (χ1n) is 8.38. The SMILES string of the molecule is COc1ccc(OC)c(N(CC(=O)NCc2ccccc2OC)S(C)(=O)=O)c1. The Kier molecular flexibility index (Phi) is 7.11. The molecule has 1 N–H and O–H groups in total. The fourth-order valence-corrected chi connectivity index (χ4v) is 3.45. The van der Waals surface area contributed by atoms with Gasteiger partial charge in [0.05, 0.1) is 33.3 Å². The molecule has 2 aromatic carbocycles. The van der Waals surface area contributed by atoms with Gasteiger partial charge in [0.15, 0.2) is 0 Å². The van der Waals surface area contributed by atoms with Crippen molar-refractivity contribution in [1.29, 1.82) is 0 Å². The maximum absolute atomic E-state index is 12.5. The summed E-state index contributed by atoms with van der Waals surface area (Å²) in [7, 11) is 0.681. The van der Waals surface area contributed by atoms with Crippen molar-refractivity contribution in [2.45, 2.75) is 6.54 Å². The maximum atomic E-state index is 12.5. The molecule has 0 saturated carbocycles. The molecule has 0 aliphatic heterocycles. The van der Waals surface area contributed by atoms with Crippen LogP contribution in [-0.4, -0.2) is 48.5 Å². The largest absolute Gasteiger partial charge is 0.497 e. The lowest BCUT2D eigenvalue weighted by molar-refractivity contribution is -0.119. The van der Waals surface area contributed by atoms with Crippen LogP contribution < -0.4 is 23.8 Å². The van der Waals surface area contributed by atoms with Crippen LogP contribution in [0.25, 0.3) is 0 Å². The predicted octanol–water partition coefficient (Wildman–Crippen LogP) is 1.79. The first-order chi connectivity index (χ1) is 13.3. The molecule has 0 spiro atoms. The Labute approximate surface area is 165 Å². The second-order valence-electron chi connectivity index (χ2n) is 5.90. The Balaban J connectivity index is 2.23. The second-order valence-corrected chi connectivity index (χ2v) is 7.80. The van der Waals surface area contributed by atoms with Gasteiger partial charge in [0.25, 0.3) is 0 Å². The topological polar surface area (TPSA) is 94.2 Å². The van der Waals surface area contributed by atoms with E-state index in [-0.39, 0.29) is 12.2 Å². The molecule has 0 radical (unpaired) electrons. The number of benzene rings is 2. The van der Waals surface area contributed by atoms with E-state index < -0.39 is 22.5 Å². The molecular formula is C19H24N2O6S. The molecule has 0 saturated heterocycles. The Bertz CT molecular complexity index is 930. The van der Waals surface area contributed by atoms with E-state index in [9.17, 15) is 13.2 Å². The predicted molar refractivity (Wildman–Crippen MR) is 107 cm³/mol. The number of sulfonamides is 1. The summed E-state index contributed by atoms with van der Waals surface area (Å²) < 4.78 is 41.3. The molecule has 0 aromatic heterocycles. The van der Waals surface area contributed by atoms with Gasteiger partial charge in [-0.2, -0.15) is 0 Å². The highest BCUT2D eigenvalue weighted by molar-refractivity contribution is 7.92. The van der Waals surface area contributed by atoms with Gasteiger partial charge in [-0.3, -0.25) is 9.10 Å². The van der Waals surface area contributed by atoms with E-state index in [1.165, 1.54) is 20.3 Å². The number of amides is 1. The van der Waals surface area contributed by atoms with Crippen LogP contribution in [-0.2, 0) is 21.4 Å².